The minimum atomic E-state index is -0.526. The molecule has 0 aliphatic heterocycles. The molecule has 0 amide bonds. The lowest BCUT2D eigenvalue weighted by Crippen LogP contribution is -2.01. The van der Waals surface area contributed by atoms with Gasteiger partial charge in [0.2, 0.25) is 5.89 Å². The maximum absolute atomic E-state index is 10.9. The molecule has 0 aliphatic carbocycles. The molecule has 0 unspecified atom stereocenters. The molecule has 66 valence electrons. The predicted octanol–water partition coefficient (Wildman–Crippen LogP) is 1.76. The van der Waals surface area contributed by atoms with Gasteiger partial charge in [-0.05, 0) is 6.92 Å². The summed E-state index contributed by atoms with van der Waals surface area (Å²) in [6.07, 6.45) is 1.22. The van der Waals surface area contributed by atoms with Crippen LogP contribution in [0.2, 0.25) is 0 Å². The lowest BCUT2D eigenvalue weighted by Gasteiger charge is -1.92. The molecule has 1 atom stereocenters. The van der Waals surface area contributed by atoms with Crippen molar-refractivity contribution in [3.05, 3.63) is 17.8 Å². The second-order valence-corrected chi connectivity index (χ2v) is 2.83. The van der Waals surface area contributed by atoms with E-state index in [1.165, 1.54) is 13.4 Å². The zero-order chi connectivity index (χ0) is 9.14. The molecule has 12 heavy (non-hydrogen) atoms. The van der Waals surface area contributed by atoms with Crippen molar-refractivity contribution < 1.29 is 13.9 Å². The van der Waals surface area contributed by atoms with Crippen molar-refractivity contribution in [2.24, 2.45) is 0 Å². The summed E-state index contributed by atoms with van der Waals surface area (Å²) >= 11 is 5.66. The second kappa shape index (κ2) is 3.58. The molecule has 1 heterocycles. The van der Waals surface area contributed by atoms with Crippen LogP contribution in [-0.2, 0) is 4.74 Å². The fourth-order valence-electron chi connectivity index (χ4n) is 0.669. The molecule has 1 aromatic heterocycles. The lowest BCUT2D eigenvalue weighted by molar-refractivity contribution is 0.0594. The Morgan fingerprint density at radius 3 is 2.92 bits per heavy atom. The molecular weight excluding hydrogens is 182 g/mol. The monoisotopic (exact) mass is 189 g/mol. The number of esters is 1. The van der Waals surface area contributed by atoms with Gasteiger partial charge in [0.25, 0.3) is 0 Å². The topological polar surface area (TPSA) is 52.3 Å². The van der Waals surface area contributed by atoms with Crippen LogP contribution in [0.1, 0.15) is 28.7 Å². The number of nitrogens with zero attached hydrogens (tertiary/aromatic N) is 1. The number of hydrogen-bond acceptors (Lipinski definition) is 4. The molecule has 0 spiro atoms. The number of carbonyl (C=O) groups is 1. The number of ether oxygens (including phenoxy) is 1. The molecule has 5 heteroatoms. The maximum atomic E-state index is 10.9. The predicted molar refractivity (Wildman–Crippen MR) is 42.1 cm³/mol. The van der Waals surface area contributed by atoms with Crippen LogP contribution >= 0.6 is 11.6 Å². The number of hydrogen-bond donors (Lipinski definition) is 0. The van der Waals surface area contributed by atoms with Gasteiger partial charge in [0.15, 0.2) is 5.69 Å². The number of halogens is 1. The summed E-state index contributed by atoms with van der Waals surface area (Å²) in [5, 5.41) is -0.344. The zero-order valence-corrected chi connectivity index (χ0v) is 7.46. The molecule has 0 saturated carbocycles. The molecule has 1 rings (SSSR count). The van der Waals surface area contributed by atoms with E-state index in [0.717, 1.165) is 0 Å². The fourth-order valence-corrected chi connectivity index (χ4v) is 0.769. The van der Waals surface area contributed by atoms with Gasteiger partial charge < -0.3 is 9.15 Å². The summed E-state index contributed by atoms with van der Waals surface area (Å²) in [6.45, 7) is 1.70. The summed E-state index contributed by atoms with van der Waals surface area (Å²) in [5.74, 6) is -0.209. The Labute approximate surface area is 74.5 Å². The Hall–Kier alpha value is -1.03. The number of aromatic nitrogens is 1. The molecule has 0 fully saturated rings. The summed E-state index contributed by atoms with van der Waals surface area (Å²) < 4.78 is 9.33. The Morgan fingerprint density at radius 1 is 1.83 bits per heavy atom. The Balaban J connectivity index is 2.84. The number of methoxy groups -OCH3 is 1. The van der Waals surface area contributed by atoms with Crippen LogP contribution in [-0.4, -0.2) is 18.1 Å². The SMILES string of the molecule is COC(=O)c1coc([C@@H](C)Cl)n1. The van der Waals surface area contributed by atoms with Gasteiger partial charge in [-0.2, -0.15) is 0 Å². The van der Waals surface area contributed by atoms with Crippen molar-refractivity contribution in [1.29, 1.82) is 0 Å². The molecule has 0 bridgehead atoms. The third-order valence-electron chi connectivity index (χ3n) is 1.26. The summed E-state index contributed by atoms with van der Waals surface area (Å²) in [7, 11) is 1.28. The van der Waals surface area contributed by atoms with Gasteiger partial charge in [0.05, 0.1) is 7.11 Å². The van der Waals surface area contributed by atoms with Crippen molar-refractivity contribution in [2.45, 2.75) is 12.3 Å². The normalized spacial score (nSPS) is 12.6. The molecule has 0 saturated heterocycles. The molecule has 0 aliphatic rings. The molecule has 0 aromatic carbocycles. The number of carbonyl (C=O) groups excluding carboxylic acids is 1. The molecule has 0 N–H and O–H groups in total. The Morgan fingerprint density at radius 2 is 2.50 bits per heavy atom. The average Bonchev–Trinajstić information content (AvgIpc) is 2.51. The standard InChI is InChI=1S/C7H8ClNO3/c1-4(8)6-9-5(3-12-6)7(10)11-2/h3-4H,1-2H3/t4-/m1/s1. The van der Waals surface area contributed by atoms with E-state index in [1.54, 1.807) is 6.92 Å². The highest BCUT2D eigenvalue weighted by Gasteiger charge is 2.14. The van der Waals surface area contributed by atoms with E-state index in [1.807, 2.05) is 0 Å². The van der Waals surface area contributed by atoms with E-state index in [-0.39, 0.29) is 11.1 Å². The summed E-state index contributed by atoms with van der Waals surface area (Å²) in [6, 6.07) is 0. The van der Waals surface area contributed by atoms with Crippen LogP contribution in [0.5, 0.6) is 0 Å². The third-order valence-corrected chi connectivity index (χ3v) is 1.44. The number of alkyl halides is 1. The zero-order valence-electron chi connectivity index (χ0n) is 6.70. The van der Waals surface area contributed by atoms with Crippen molar-refractivity contribution >= 4 is 17.6 Å². The molecular formula is C7H8ClNO3. The van der Waals surface area contributed by atoms with Crippen molar-refractivity contribution in [1.82, 2.24) is 4.98 Å². The second-order valence-electron chi connectivity index (χ2n) is 2.18. The maximum Gasteiger partial charge on any atom is 0.360 e. The molecule has 0 radical (unpaired) electrons. The highest BCUT2D eigenvalue weighted by atomic mass is 35.5. The molecule has 4 nitrogen and oxygen atoms in total. The smallest absolute Gasteiger partial charge is 0.360 e. The first-order valence-electron chi connectivity index (χ1n) is 3.33. The van der Waals surface area contributed by atoms with E-state index in [2.05, 4.69) is 9.72 Å². The molecule has 1 aromatic rings. The Bertz CT molecular complexity index is 282. The summed E-state index contributed by atoms with van der Waals surface area (Å²) in [4.78, 5) is 14.7. The van der Waals surface area contributed by atoms with E-state index >= 15 is 0 Å². The van der Waals surface area contributed by atoms with Crippen LogP contribution in [0.4, 0.5) is 0 Å². The quantitative estimate of drug-likeness (QED) is 0.526. The third kappa shape index (κ3) is 1.76. The van der Waals surface area contributed by atoms with E-state index in [9.17, 15) is 4.79 Å². The van der Waals surface area contributed by atoms with Crippen LogP contribution in [0.15, 0.2) is 10.7 Å². The largest absolute Gasteiger partial charge is 0.464 e. The van der Waals surface area contributed by atoms with Gasteiger partial charge in [0, 0.05) is 0 Å². The van der Waals surface area contributed by atoms with Gasteiger partial charge in [-0.1, -0.05) is 0 Å². The van der Waals surface area contributed by atoms with Gasteiger partial charge in [-0.3, -0.25) is 0 Å². The lowest BCUT2D eigenvalue weighted by atomic mass is 10.4. The first-order chi connectivity index (χ1) is 5.65. The van der Waals surface area contributed by atoms with Crippen LogP contribution in [0, 0.1) is 0 Å². The highest BCUT2D eigenvalue weighted by molar-refractivity contribution is 6.20. The van der Waals surface area contributed by atoms with Crippen LogP contribution in [0.25, 0.3) is 0 Å². The van der Waals surface area contributed by atoms with E-state index in [4.69, 9.17) is 16.0 Å². The van der Waals surface area contributed by atoms with Gasteiger partial charge in [-0.25, -0.2) is 9.78 Å². The van der Waals surface area contributed by atoms with Gasteiger partial charge >= 0.3 is 5.97 Å². The average molecular weight is 190 g/mol. The van der Waals surface area contributed by atoms with Gasteiger partial charge in [-0.15, -0.1) is 11.6 Å². The van der Waals surface area contributed by atoms with Crippen molar-refractivity contribution in [3.8, 4) is 0 Å². The number of rotatable bonds is 2. The minimum absolute atomic E-state index is 0.139. The van der Waals surface area contributed by atoms with E-state index < -0.39 is 5.97 Å². The summed E-state index contributed by atoms with van der Waals surface area (Å²) in [5.41, 5.74) is 0.139. The van der Waals surface area contributed by atoms with Gasteiger partial charge in [0.1, 0.15) is 11.6 Å². The fraction of sp³-hybridized carbons (Fsp3) is 0.429. The van der Waals surface area contributed by atoms with Crippen molar-refractivity contribution in [3.63, 3.8) is 0 Å². The van der Waals surface area contributed by atoms with Crippen LogP contribution in [0.3, 0.4) is 0 Å². The number of oxazole rings is 1. The van der Waals surface area contributed by atoms with E-state index in [0.29, 0.717) is 5.89 Å². The minimum Gasteiger partial charge on any atom is -0.464 e. The first-order valence-corrected chi connectivity index (χ1v) is 3.76. The highest BCUT2D eigenvalue weighted by Crippen LogP contribution is 2.18. The first kappa shape index (κ1) is 9.06. The Kier molecular flexibility index (Phi) is 2.70. The van der Waals surface area contributed by atoms with Crippen LogP contribution < -0.4 is 0 Å². The van der Waals surface area contributed by atoms with Crippen molar-refractivity contribution in [2.75, 3.05) is 7.11 Å².